The minimum Gasteiger partial charge on any atom is -0.302 e. The molecular weight excluding hydrogens is 265 g/mol. The van der Waals surface area contributed by atoms with Gasteiger partial charge in [-0.15, -0.1) is 0 Å². The van der Waals surface area contributed by atoms with Crippen LogP contribution in [0.3, 0.4) is 0 Å². The quantitative estimate of drug-likeness (QED) is 0.851. The highest BCUT2D eigenvalue weighted by Gasteiger charge is 2.25. The molecule has 1 aromatic carbocycles. The number of halogens is 1. The number of benzene rings is 1. The van der Waals surface area contributed by atoms with Crippen molar-refractivity contribution >= 4 is 9.84 Å². The Morgan fingerprint density at radius 1 is 1.32 bits per heavy atom. The van der Waals surface area contributed by atoms with E-state index >= 15 is 0 Å². The molecular formula is C14H20FNO2S. The van der Waals surface area contributed by atoms with Crippen LogP contribution in [0, 0.1) is 5.82 Å². The van der Waals surface area contributed by atoms with Crippen LogP contribution in [0.1, 0.15) is 18.9 Å². The van der Waals surface area contributed by atoms with Crippen molar-refractivity contribution in [3.8, 4) is 0 Å². The SMILES string of the molecule is C[C@H]1CCN(CCc2ccccc2F)CCS1(=O)=O. The summed E-state index contributed by atoms with van der Waals surface area (Å²) in [5.74, 6) is 0.0316. The number of nitrogens with zero attached hydrogens (tertiary/aromatic N) is 1. The molecule has 5 heteroatoms. The lowest BCUT2D eigenvalue weighted by atomic mass is 10.1. The standard InChI is InChI=1S/C14H20FNO2S/c1-12-6-8-16(10-11-19(12,17)18)9-7-13-4-2-3-5-14(13)15/h2-5,12H,6-11H2,1H3/t12-/m0/s1. The van der Waals surface area contributed by atoms with E-state index in [1.165, 1.54) is 6.07 Å². The summed E-state index contributed by atoms with van der Waals surface area (Å²) in [4.78, 5) is 2.12. The topological polar surface area (TPSA) is 37.4 Å². The van der Waals surface area contributed by atoms with Gasteiger partial charge in [-0.1, -0.05) is 18.2 Å². The molecule has 1 aliphatic rings. The van der Waals surface area contributed by atoms with Gasteiger partial charge in [-0.05, 0) is 37.9 Å². The van der Waals surface area contributed by atoms with E-state index < -0.39 is 9.84 Å². The third-order valence-corrected chi connectivity index (χ3v) is 6.03. The zero-order chi connectivity index (χ0) is 13.9. The van der Waals surface area contributed by atoms with E-state index in [0.717, 1.165) is 6.54 Å². The van der Waals surface area contributed by atoms with Gasteiger partial charge in [0.25, 0.3) is 0 Å². The normalized spacial score (nSPS) is 24.0. The minimum atomic E-state index is -2.94. The van der Waals surface area contributed by atoms with Crippen molar-refractivity contribution < 1.29 is 12.8 Å². The first kappa shape index (κ1) is 14.5. The fourth-order valence-corrected chi connectivity index (χ4v) is 3.70. The molecule has 3 nitrogen and oxygen atoms in total. The van der Waals surface area contributed by atoms with Crippen LogP contribution in [0.15, 0.2) is 24.3 Å². The lowest BCUT2D eigenvalue weighted by molar-refractivity contribution is 0.294. The number of sulfone groups is 1. The third-order valence-electron chi connectivity index (χ3n) is 3.81. The molecule has 1 heterocycles. The molecule has 0 spiro atoms. The fourth-order valence-electron chi connectivity index (χ4n) is 2.32. The van der Waals surface area contributed by atoms with E-state index in [9.17, 15) is 12.8 Å². The van der Waals surface area contributed by atoms with Crippen molar-refractivity contribution in [2.75, 3.05) is 25.4 Å². The number of rotatable bonds is 3. The molecule has 19 heavy (non-hydrogen) atoms. The molecule has 1 atom stereocenters. The van der Waals surface area contributed by atoms with Crippen LogP contribution in [0.2, 0.25) is 0 Å². The second-order valence-corrected chi connectivity index (χ2v) is 7.69. The lowest BCUT2D eigenvalue weighted by Gasteiger charge is -2.19. The van der Waals surface area contributed by atoms with E-state index in [-0.39, 0.29) is 16.8 Å². The van der Waals surface area contributed by atoms with E-state index in [1.54, 1.807) is 19.1 Å². The monoisotopic (exact) mass is 285 g/mol. The smallest absolute Gasteiger partial charge is 0.154 e. The molecule has 1 aliphatic heterocycles. The molecule has 0 amide bonds. The molecule has 106 valence electrons. The molecule has 0 N–H and O–H groups in total. The number of hydrogen-bond acceptors (Lipinski definition) is 3. The molecule has 1 fully saturated rings. The van der Waals surface area contributed by atoms with Crippen molar-refractivity contribution in [1.82, 2.24) is 4.90 Å². The van der Waals surface area contributed by atoms with Gasteiger partial charge in [0.2, 0.25) is 0 Å². The first-order valence-electron chi connectivity index (χ1n) is 6.66. The average Bonchev–Trinajstić information content (AvgIpc) is 2.50. The van der Waals surface area contributed by atoms with E-state index in [1.807, 2.05) is 6.07 Å². The minimum absolute atomic E-state index is 0.182. The Balaban J connectivity index is 1.93. The Morgan fingerprint density at radius 2 is 2.05 bits per heavy atom. The summed E-state index contributed by atoms with van der Waals surface area (Å²) < 4.78 is 37.1. The molecule has 1 aromatic rings. The Kier molecular flexibility index (Phi) is 4.58. The second-order valence-electron chi connectivity index (χ2n) is 5.15. The average molecular weight is 285 g/mol. The van der Waals surface area contributed by atoms with Crippen LogP contribution in [0.25, 0.3) is 0 Å². The predicted octanol–water partition coefficient (Wildman–Crippen LogP) is 1.88. The maximum atomic E-state index is 13.5. The van der Waals surface area contributed by atoms with E-state index in [4.69, 9.17) is 0 Å². The Hall–Kier alpha value is -0.940. The van der Waals surface area contributed by atoms with Crippen LogP contribution in [-0.2, 0) is 16.3 Å². The molecule has 2 rings (SSSR count). The summed E-state index contributed by atoms with van der Waals surface area (Å²) in [7, 11) is -2.94. The van der Waals surface area contributed by atoms with E-state index in [2.05, 4.69) is 4.90 Å². The number of hydrogen-bond donors (Lipinski definition) is 0. The summed E-state index contributed by atoms with van der Waals surface area (Å²) in [6.07, 6.45) is 1.29. The van der Waals surface area contributed by atoms with Gasteiger partial charge < -0.3 is 4.90 Å². The Morgan fingerprint density at radius 3 is 2.79 bits per heavy atom. The molecule has 0 aliphatic carbocycles. The van der Waals surface area contributed by atoms with Gasteiger partial charge in [0.15, 0.2) is 9.84 Å². The van der Waals surface area contributed by atoms with Gasteiger partial charge in [-0.2, -0.15) is 0 Å². The summed E-state index contributed by atoms with van der Waals surface area (Å²) >= 11 is 0. The van der Waals surface area contributed by atoms with Crippen molar-refractivity contribution in [3.05, 3.63) is 35.6 Å². The maximum Gasteiger partial charge on any atom is 0.154 e. The van der Waals surface area contributed by atoms with Crippen LogP contribution in [0.5, 0.6) is 0 Å². The maximum absolute atomic E-state index is 13.5. The van der Waals surface area contributed by atoms with Crippen molar-refractivity contribution in [3.63, 3.8) is 0 Å². The molecule has 1 saturated heterocycles. The summed E-state index contributed by atoms with van der Waals surface area (Å²) in [5, 5.41) is -0.258. The lowest BCUT2D eigenvalue weighted by Crippen LogP contribution is -2.29. The fraction of sp³-hybridized carbons (Fsp3) is 0.571. The zero-order valence-electron chi connectivity index (χ0n) is 11.2. The zero-order valence-corrected chi connectivity index (χ0v) is 12.0. The largest absolute Gasteiger partial charge is 0.302 e. The van der Waals surface area contributed by atoms with Crippen molar-refractivity contribution in [2.45, 2.75) is 25.0 Å². The molecule has 0 radical (unpaired) electrons. The summed E-state index contributed by atoms with van der Waals surface area (Å²) in [6, 6.07) is 6.75. The molecule has 0 saturated carbocycles. The van der Waals surface area contributed by atoms with Gasteiger partial charge in [-0.25, -0.2) is 12.8 Å². The van der Waals surface area contributed by atoms with E-state index in [0.29, 0.717) is 31.5 Å². The van der Waals surface area contributed by atoms with Crippen LogP contribution in [-0.4, -0.2) is 44.0 Å². The van der Waals surface area contributed by atoms with Crippen LogP contribution in [0.4, 0.5) is 4.39 Å². The highest BCUT2D eigenvalue weighted by atomic mass is 32.2. The van der Waals surface area contributed by atoms with Gasteiger partial charge in [0.1, 0.15) is 5.82 Å². The van der Waals surface area contributed by atoms with Crippen molar-refractivity contribution in [2.24, 2.45) is 0 Å². The van der Waals surface area contributed by atoms with Crippen LogP contribution >= 0.6 is 0 Å². The van der Waals surface area contributed by atoms with Gasteiger partial charge in [0, 0.05) is 13.1 Å². The predicted molar refractivity (Wildman–Crippen MR) is 74.4 cm³/mol. The Bertz CT molecular complexity index is 530. The Labute approximate surface area is 114 Å². The first-order valence-corrected chi connectivity index (χ1v) is 8.38. The van der Waals surface area contributed by atoms with Gasteiger partial charge in [-0.3, -0.25) is 0 Å². The second kappa shape index (κ2) is 6.01. The highest BCUT2D eigenvalue weighted by Crippen LogP contribution is 2.14. The first-order chi connectivity index (χ1) is 8.99. The summed E-state index contributed by atoms with van der Waals surface area (Å²) in [5.41, 5.74) is 0.697. The van der Waals surface area contributed by atoms with Crippen LogP contribution < -0.4 is 0 Å². The molecule has 0 unspecified atom stereocenters. The van der Waals surface area contributed by atoms with Gasteiger partial charge in [0.05, 0.1) is 11.0 Å². The molecule has 0 bridgehead atoms. The highest BCUT2D eigenvalue weighted by molar-refractivity contribution is 7.92. The summed E-state index contributed by atoms with van der Waals surface area (Å²) in [6.45, 7) is 3.81. The molecule has 0 aromatic heterocycles. The third kappa shape index (κ3) is 3.76. The van der Waals surface area contributed by atoms with Crippen molar-refractivity contribution in [1.29, 1.82) is 0 Å². The van der Waals surface area contributed by atoms with Gasteiger partial charge >= 0.3 is 0 Å².